The summed E-state index contributed by atoms with van der Waals surface area (Å²) in [5, 5.41) is 4.69. The van der Waals surface area contributed by atoms with Crippen molar-refractivity contribution < 1.29 is 13.2 Å². The molecular weight excluding hydrogens is 476 g/mol. The van der Waals surface area contributed by atoms with Crippen LogP contribution in [0.5, 0.6) is 0 Å². The summed E-state index contributed by atoms with van der Waals surface area (Å²) in [6.45, 7) is 0. The highest BCUT2D eigenvalue weighted by molar-refractivity contribution is 7.19. The SMILES string of the molecule is FC(F)(F)c1ccc(-c2sc3nc4ccc(Cl)cc4c-3c3[nH]c4ccc(Cl)cc4c23)cc1. The van der Waals surface area contributed by atoms with Gasteiger partial charge < -0.3 is 4.98 Å². The zero-order valence-corrected chi connectivity index (χ0v) is 18.3. The Morgan fingerprint density at radius 1 is 0.844 bits per heavy atom. The van der Waals surface area contributed by atoms with E-state index in [-0.39, 0.29) is 0 Å². The van der Waals surface area contributed by atoms with Crippen molar-refractivity contribution in [2.45, 2.75) is 6.18 Å². The normalized spacial score (nSPS) is 12.5. The molecule has 3 heterocycles. The van der Waals surface area contributed by atoms with Gasteiger partial charge in [0.15, 0.2) is 0 Å². The van der Waals surface area contributed by atoms with E-state index in [9.17, 15) is 13.2 Å². The van der Waals surface area contributed by atoms with Crippen LogP contribution in [0, 0.1) is 0 Å². The molecule has 2 aliphatic heterocycles. The summed E-state index contributed by atoms with van der Waals surface area (Å²) in [4.78, 5) is 9.07. The molecule has 0 aliphatic carbocycles. The van der Waals surface area contributed by atoms with Gasteiger partial charge in [-0.2, -0.15) is 13.2 Å². The zero-order chi connectivity index (χ0) is 22.2. The Labute approximate surface area is 193 Å². The van der Waals surface area contributed by atoms with Gasteiger partial charge in [0.2, 0.25) is 0 Å². The summed E-state index contributed by atoms with van der Waals surface area (Å²) in [5.74, 6) is 0. The van der Waals surface area contributed by atoms with E-state index >= 15 is 0 Å². The predicted molar refractivity (Wildman–Crippen MR) is 126 cm³/mol. The van der Waals surface area contributed by atoms with Crippen molar-refractivity contribution in [3.63, 3.8) is 0 Å². The number of benzene rings is 3. The second kappa shape index (κ2) is 6.85. The van der Waals surface area contributed by atoms with E-state index < -0.39 is 11.7 Å². The minimum Gasteiger partial charge on any atom is -0.354 e. The second-order valence-corrected chi connectivity index (χ2v) is 9.40. The highest BCUT2D eigenvalue weighted by Crippen LogP contribution is 2.48. The Kier molecular flexibility index (Phi) is 4.25. The van der Waals surface area contributed by atoms with Gasteiger partial charge in [-0.3, -0.25) is 0 Å². The summed E-state index contributed by atoms with van der Waals surface area (Å²) in [6.07, 6.45) is -4.39. The average Bonchev–Trinajstić information content (AvgIpc) is 3.30. The molecule has 0 amide bonds. The monoisotopic (exact) mass is 486 g/mol. The lowest BCUT2D eigenvalue weighted by Gasteiger charge is -2.10. The van der Waals surface area contributed by atoms with Crippen LogP contribution in [0.25, 0.3) is 53.7 Å². The molecule has 0 spiro atoms. The number of hydrogen-bond donors (Lipinski definition) is 1. The van der Waals surface area contributed by atoms with Crippen LogP contribution in [0.1, 0.15) is 5.56 Å². The van der Waals surface area contributed by atoms with Gasteiger partial charge in [0.1, 0.15) is 5.01 Å². The van der Waals surface area contributed by atoms with Gasteiger partial charge in [0.05, 0.1) is 16.6 Å². The largest absolute Gasteiger partial charge is 0.416 e. The molecule has 158 valence electrons. The fourth-order valence-corrected chi connectivity index (χ4v) is 5.71. The van der Waals surface area contributed by atoms with Crippen LogP contribution in [0.3, 0.4) is 0 Å². The van der Waals surface area contributed by atoms with E-state index in [1.165, 1.54) is 23.5 Å². The molecule has 0 fully saturated rings. The first kappa shape index (κ1) is 19.9. The van der Waals surface area contributed by atoms with Gasteiger partial charge in [-0.15, -0.1) is 11.3 Å². The topological polar surface area (TPSA) is 28.7 Å². The lowest BCUT2D eigenvalue weighted by molar-refractivity contribution is -0.137. The Hall–Kier alpha value is -2.80. The highest BCUT2D eigenvalue weighted by Gasteiger charge is 2.30. The molecule has 0 saturated heterocycles. The summed E-state index contributed by atoms with van der Waals surface area (Å²) < 4.78 is 39.3. The molecule has 32 heavy (non-hydrogen) atoms. The van der Waals surface area contributed by atoms with Crippen molar-refractivity contribution in [3.8, 4) is 21.0 Å². The summed E-state index contributed by atoms with van der Waals surface area (Å²) >= 11 is 14.0. The quantitative estimate of drug-likeness (QED) is 0.246. The molecule has 3 aromatic carbocycles. The number of hydrogen-bond acceptors (Lipinski definition) is 2. The first-order valence-corrected chi connectivity index (χ1v) is 11.2. The van der Waals surface area contributed by atoms with Gasteiger partial charge in [-0.05, 0) is 54.1 Å². The number of fused-ring (bicyclic) bond motifs is 7. The van der Waals surface area contributed by atoms with Gasteiger partial charge in [0.25, 0.3) is 0 Å². The van der Waals surface area contributed by atoms with Gasteiger partial charge in [-0.25, -0.2) is 4.98 Å². The van der Waals surface area contributed by atoms with Crippen LogP contribution < -0.4 is 0 Å². The number of rotatable bonds is 1. The van der Waals surface area contributed by atoms with E-state index in [0.29, 0.717) is 15.6 Å². The van der Waals surface area contributed by atoms with E-state index in [0.717, 1.165) is 60.3 Å². The first-order chi connectivity index (χ1) is 15.3. The van der Waals surface area contributed by atoms with Crippen molar-refractivity contribution in [2.24, 2.45) is 0 Å². The maximum Gasteiger partial charge on any atom is 0.416 e. The summed E-state index contributed by atoms with van der Waals surface area (Å²) in [7, 11) is 0. The fourth-order valence-electron chi connectivity index (χ4n) is 4.15. The van der Waals surface area contributed by atoms with Crippen molar-refractivity contribution in [2.75, 3.05) is 0 Å². The Morgan fingerprint density at radius 3 is 2.25 bits per heavy atom. The summed E-state index contributed by atoms with van der Waals surface area (Å²) in [5.41, 5.74) is 3.48. The third kappa shape index (κ3) is 2.98. The number of halogens is 5. The summed E-state index contributed by atoms with van der Waals surface area (Å²) in [6, 6.07) is 16.3. The number of H-pyrrole nitrogens is 1. The molecule has 2 aliphatic rings. The molecule has 1 aromatic heterocycles. The van der Waals surface area contributed by atoms with Crippen LogP contribution in [0.15, 0.2) is 60.7 Å². The molecule has 0 atom stereocenters. The van der Waals surface area contributed by atoms with Gasteiger partial charge in [-0.1, -0.05) is 35.3 Å². The molecule has 0 bridgehead atoms. The highest BCUT2D eigenvalue weighted by atomic mass is 35.5. The van der Waals surface area contributed by atoms with Crippen molar-refractivity contribution in [3.05, 3.63) is 76.3 Å². The van der Waals surface area contributed by atoms with Crippen LogP contribution in [0.2, 0.25) is 10.0 Å². The standard InChI is InChI=1S/C24H11Cl2F3N2S/c25-13-5-7-17-15(9-13)19-21(30-17)20-16-10-14(26)6-8-18(16)31-23(20)32-22(19)11-1-3-12(4-2-11)24(27,28)29/h1-10,30H. The predicted octanol–water partition coefficient (Wildman–Crippen LogP) is 9.03. The molecule has 0 radical (unpaired) electrons. The van der Waals surface area contributed by atoms with Crippen LogP contribution >= 0.6 is 34.5 Å². The molecule has 8 heteroatoms. The van der Waals surface area contributed by atoms with Crippen molar-refractivity contribution in [1.82, 2.24) is 9.97 Å². The molecule has 1 N–H and O–H groups in total. The molecular formula is C24H11Cl2F3N2S. The van der Waals surface area contributed by atoms with Crippen LogP contribution in [-0.4, -0.2) is 9.97 Å². The van der Waals surface area contributed by atoms with Gasteiger partial charge >= 0.3 is 6.18 Å². The van der Waals surface area contributed by atoms with Crippen LogP contribution in [-0.2, 0) is 6.18 Å². The Morgan fingerprint density at radius 2 is 1.53 bits per heavy atom. The van der Waals surface area contributed by atoms with E-state index in [2.05, 4.69) is 4.98 Å². The van der Waals surface area contributed by atoms with E-state index in [1.54, 1.807) is 12.1 Å². The number of nitrogens with zero attached hydrogens (tertiary/aromatic N) is 1. The number of aromatic amines is 1. The van der Waals surface area contributed by atoms with Gasteiger partial charge in [0, 0.05) is 42.2 Å². The maximum atomic E-state index is 13.1. The van der Waals surface area contributed by atoms with Crippen molar-refractivity contribution >= 4 is 67.2 Å². The smallest absolute Gasteiger partial charge is 0.354 e. The number of nitrogens with one attached hydrogen (secondary N) is 1. The Bertz CT molecular complexity index is 1630. The maximum absolute atomic E-state index is 13.1. The third-order valence-electron chi connectivity index (χ3n) is 5.57. The minimum atomic E-state index is -4.39. The lowest BCUT2D eigenvalue weighted by Crippen LogP contribution is -2.03. The lowest BCUT2D eigenvalue weighted by atomic mass is 10.0. The Balaban J connectivity index is 1.76. The molecule has 6 rings (SSSR count). The van der Waals surface area contributed by atoms with Crippen LogP contribution in [0.4, 0.5) is 13.2 Å². The molecule has 2 nitrogen and oxygen atoms in total. The molecule has 4 aromatic rings. The fraction of sp³-hybridized carbons (Fsp3) is 0.0417. The third-order valence-corrected chi connectivity index (χ3v) is 7.18. The second-order valence-electron chi connectivity index (χ2n) is 7.52. The average molecular weight is 487 g/mol. The number of aromatic nitrogens is 2. The molecule has 0 unspecified atom stereocenters. The van der Waals surface area contributed by atoms with E-state index in [1.807, 2.05) is 24.3 Å². The molecule has 0 saturated carbocycles. The minimum absolute atomic E-state index is 0.579. The number of alkyl halides is 3. The van der Waals surface area contributed by atoms with Crippen molar-refractivity contribution in [1.29, 1.82) is 0 Å². The first-order valence-electron chi connectivity index (χ1n) is 9.60. The van der Waals surface area contributed by atoms with E-state index in [4.69, 9.17) is 28.2 Å². The zero-order valence-electron chi connectivity index (χ0n) is 16.0.